The first-order valence-electron chi connectivity index (χ1n) is 7.50. The van der Waals surface area contributed by atoms with Crippen molar-refractivity contribution in [3.63, 3.8) is 0 Å². The summed E-state index contributed by atoms with van der Waals surface area (Å²) in [7, 11) is 1.77. The van der Waals surface area contributed by atoms with E-state index in [4.69, 9.17) is 0 Å². The van der Waals surface area contributed by atoms with Gasteiger partial charge in [-0.2, -0.15) is 0 Å². The Labute approximate surface area is 125 Å². The molecule has 0 aromatic heterocycles. The van der Waals surface area contributed by atoms with Gasteiger partial charge in [-0.25, -0.2) is 0 Å². The minimum atomic E-state index is -0.500. The Morgan fingerprint density at radius 2 is 1.81 bits per heavy atom. The van der Waals surface area contributed by atoms with Gasteiger partial charge in [0.2, 0.25) is 5.91 Å². The maximum absolute atomic E-state index is 12.3. The molecule has 1 aliphatic heterocycles. The summed E-state index contributed by atoms with van der Waals surface area (Å²) in [5, 5.41) is 5.78. The van der Waals surface area contributed by atoms with Crippen LogP contribution in [-0.4, -0.2) is 42.9 Å². The molecule has 1 aromatic carbocycles. The Balaban J connectivity index is 1.99. The zero-order valence-electron chi connectivity index (χ0n) is 12.7. The molecule has 0 saturated carbocycles. The first-order chi connectivity index (χ1) is 10.1. The number of anilines is 1. The molecule has 1 saturated heterocycles. The summed E-state index contributed by atoms with van der Waals surface area (Å²) in [6, 6.07) is 6.77. The molecule has 0 bridgehead atoms. The highest BCUT2D eigenvalue weighted by molar-refractivity contribution is 6.01. The van der Waals surface area contributed by atoms with E-state index in [0.29, 0.717) is 5.56 Å². The van der Waals surface area contributed by atoms with E-state index in [2.05, 4.69) is 10.6 Å². The molecule has 1 aromatic rings. The smallest absolute Gasteiger partial charge is 0.254 e. The number of nitrogens with one attached hydrogen (secondary N) is 2. The van der Waals surface area contributed by atoms with Crippen molar-refractivity contribution in [2.45, 2.75) is 32.2 Å². The summed E-state index contributed by atoms with van der Waals surface area (Å²) < 4.78 is 0. The Kier molecular flexibility index (Phi) is 5.20. The summed E-state index contributed by atoms with van der Waals surface area (Å²) >= 11 is 0. The van der Waals surface area contributed by atoms with Gasteiger partial charge in [0.15, 0.2) is 0 Å². The van der Waals surface area contributed by atoms with E-state index in [-0.39, 0.29) is 11.8 Å². The van der Waals surface area contributed by atoms with E-state index in [1.807, 2.05) is 23.1 Å². The van der Waals surface area contributed by atoms with E-state index in [0.717, 1.165) is 31.6 Å². The molecule has 2 N–H and O–H groups in total. The van der Waals surface area contributed by atoms with Crippen molar-refractivity contribution >= 4 is 17.5 Å². The minimum absolute atomic E-state index is 0.00462. The molecular weight excluding hydrogens is 266 g/mol. The second-order valence-electron chi connectivity index (χ2n) is 5.38. The average Bonchev–Trinajstić information content (AvgIpc) is 2.54. The zero-order valence-corrected chi connectivity index (χ0v) is 12.7. The molecule has 0 spiro atoms. The third-order valence-corrected chi connectivity index (χ3v) is 3.83. The fourth-order valence-corrected chi connectivity index (χ4v) is 2.62. The molecule has 1 aliphatic rings. The quantitative estimate of drug-likeness (QED) is 0.889. The van der Waals surface area contributed by atoms with Gasteiger partial charge in [0.1, 0.15) is 6.04 Å². The van der Waals surface area contributed by atoms with E-state index in [9.17, 15) is 9.59 Å². The Morgan fingerprint density at radius 1 is 1.14 bits per heavy atom. The van der Waals surface area contributed by atoms with E-state index in [1.54, 1.807) is 20.0 Å². The topological polar surface area (TPSA) is 61.4 Å². The van der Waals surface area contributed by atoms with Gasteiger partial charge in [0.25, 0.3) is 5.91 Å². The van der Waals surface area contributed by atoms with E-state index < -0.39 is 6.04 Å². The molecule has 1 heterocycles. The van der Waals surface area contributed by atoms with Crippen LogP contribution >= 0.6 is 0 Å². The molecular formula is C16H23N3O2. The Hall–Kier alpha value is -2.04. The fourth-order valence-electron chi connectivity index (χ4n) is 2.62. The highest BCUT2D eigenvalue weighted by Gasteiger charge is 2.24. The van der Waals surface area contributed by atoms with Crippen molar-refractivity contribution in [3.05, 3.63) is 29.8 Å². The second-order valence-corrected chi connectivity index (χ2v) is 5.38. The third-order valence-electron chi connectivity index (χ3n) is 3.83. The standard InChI is InChI=1S/C16H23N3O2/c1-12(16(21)19-10-6-3-7-11-19)18-15(20)13-8-4-5-9-14(13)17-2/h4-5,8-9,12,17H,3,6-7,10-11H2,1-2H3,(H,18,20). The number of carbonyl (C=O) groups is 2. The van der Waals surface area contributed by atoms with Gasteiger partial charge in [0.05, 0.1) is 5.56 Å². The number of benzene rings is 1. The van der Waals surface area contributed by atoms with Crippen LogP contribution in [0.4, 0.5) is 5.69 Å². The van der Waals surface area contributed by atoms with Crippen LogP contribution in [0.3, 0.4) is 0 Å². The Morgan fingerprint density at radius 3 is 2.48 bits per heavy atom. The summed E-state index contributed by atoms with van der Waals surface area (Å²) in [5.74, 6) is -0.220. The number of hydrogen-bond donors (Lipinski definition) is 2. The van der Waals surface area contributed by atoms with Gasteiger partial charge >= 0.3 is 0 Å². The van der Waals surface area contributed by atoms with Crippen LogP contribution in [0.5, 0.6) is 0 Å². The molecule has 5 nitrogen and oxygen atoms in total. The maximum Gasteiger partial charge on any atom is 0.254 e. The number of piperidine rings is 1. The lowest BCUT2D eigenvalue weighted by molar-refractivity contribution is -0.133. The SMILES string of the molecule is CNc1ccccc1C(=O)NC(C)C(=O)N1CCCCC1. The molecule has 1 unspecified atom stereocenters. The summed E-state index contributed by atoms with van der Waals surface area (Å²) in [6.45, 7) is 3.34. The van der Waals surface area contributed by atoms with Crippen LogP contribution < -0.4 is 10.6 Å². The summed E-state index contributed by atoms with van der Waals surface area (Å²) in [4.78, 5) is 26.5. The Bertz CT molecular complexity index is 510. The van der Waals surface area contributed by atoms with Crippen molar-refractivity contribution in [1.29, 1.82) is 0 Å². The lowest BCUT2D eigenvalue weighted by Gasteiger charge is -2.29. The number of rotatable bonds is 4. The highest BCUT2D eigenvalue weighted by Crippen LogP contribution is 2.15. The average molecular weight is 289 g/mol. The van der Waals surface area contributed by atoms with Gasteiger partial charge in [-0.1, -0.05) is 12.1 Å². The molecule has 21 heavy (non-hydrogen) atoms. The van der Waals surface area contributed by atoms with Crippen molar-refractivity contribution < 1.29 is 9.59 Å². The second kappa shape index (κ2) is 7.11. The molecule has 114 valence electrons. The maximum atomic E-state index is 12.3. The van der Waals surface area contributed by atoms with Gasteiger partial charge in [-0.15, -0.1) is 0 Å². The lowest BCUT2D eigenvalue weighted by Crippen LogP contribution is -2.48. The van der Waals surface area contributed by atoms with Crippen LogP contribution in [0, 0.1) is 0 Å². The van der Waals surface area contributed by atoms with Crippen LogP contribution in [-0.2, 0) is 4.79 Å². The normalized spacial score (nSPS) is 16.2. The van der Waals surface area contributed by atoms with Crippen molar-refractivity contribution in [3.8, 4) is 0 Å². The predicted octanol–water partition coefficient (Wildman–Crippen LogP) is 1.86. The van der Waals surface area contributed by atoms with Gasteiger partial charge in [0, 0.05) is 25.8 Å². The molecule has 1 atom stereocenters. The predicted molar refractivity (Wildman–Crippen MR) is 83.3 cm³/mol. The number of amides is 2. The van der Waals surface area contributed by atoms with Crippen LogP contribution in [0.2, 0.25) is 0 Å². The first-order valence-corrected chi connectivity index (χ1v) is 7.50. The van der Waals surface area contributed by atoms with Crippen molar-refractivity contribution in [2.75, 3.05) is 25.5 Å². The number of nitrogens with zero attached hydrogens (tertiary/aromatic N) is 1. The zero-order chi connectivity index (χ0) is 15.2. The fraction of sp³-hybridized carbons (Fsp3) is 0.500. The number of para-hydroxylation sites is 1. The van der Waals surface area contributed by atoms with E-state index >= 15 is 0 Å². The lowest BCUT2D eigenvalue weighted by atomic mass is 10.1. The summed E-state index contributed by atoms with van der Waals surface area (Å²) in [5.41, 5.74) is 1.31. The van der Waals surface area contributed by atoms with Gasteiger partial charge < -0.3 is 15.5 Å². The highest BCUT2D eigenvalue weighted by atomic mass is 16.2. The van der Waals surface area contributed by atoms with Gasteiger partial charge in [-0.3, -0.25) is 9.59 Å². The number of likely N-dealkylation sites (tertiary alicyclic amines) is 1. The molecule has 2 amide bonds. The van der Waals surface area contributed by atoms with E-state index in [1.165, 1.54) is 6.42 Å². The number of carbonyl (C=O) groups excluding carboxylic acids is 2. The molecule has 1 fully saturated rings. The molecule has 0 aliphatic carbocycles. The van der Waals surface area contributed by atoms with Crippen LogP contribution in [0.1, 0.15) is 36.5 Å². The van der Waals surface area contributed by atoms with Gasteiger partial charge in [-0.05, 0) is 38.3 Å². The summed E-state index contributed by atoms with van der Waals surface area (Å²) in [6.07, 6.45) is 3.28. The molecule has 2 rings (SSSR count). The first kappa shape index (κ1) is 15.4. The van der Waals surface area contributed by atoms with Crippen LogP contribution in [0.25, 0.3) is 0 Å². The monoisotopic (exact) mass is 289 g/mol. The van der Waals surface area contributed by atoms with Crippen molar-refractivity contribution in [1.82, 2.24) is 10.2 Å². The van der Waals surface area contributed by atoms with Crippen molar-refractivity contribution in [2.24, 2.45) is 0 Å². The number of hydrogen-bond acceptors (Lipinski definition) is 3. The van der Waals surface area contributed by atoms with Crippen LogP contribution in [0.15, 0.2) is 24.3 Å². The minimum Gasteiger partial charge on any atom is -0.387 e. The largest absolute Gasteiger partial charge is 0.387 e. The third kappa shape index (κ3) is 3.74. The molecule has 5 heteroatoms. The molecule has 0 radical (unpaired) electrons.